The van der Waals surface area contributed by atoms with Crippen LogP contribution >= 0.6 is 0 Å². The highest BCUT2D eigenvalue weighted by molar-refractivity contribution is 5.82. The molecular formula is C17H26N4O2. The second-order valence-electron chi connectivity index (χ2n) is 6.79. The van der Waals surface area contributed by atoms with Crippen LogP contribution < -0.4 is 5.32 Å². The van der Waals surface area contributed by atoms with Gasteiger partial charge >= 0.3 is 0 Å². The molecule has 6 nitrogen and oxygen atoms in total. The summed E-state index contributed by atoms with van der Waals surface area (Å²) in [6, 6.07) is 1.81. The molecular weight excluding hydrogens is 292 g/mol. The third-order valence-corrected chi connectivity index (χ3v) is 4.91. The van der Waals surface area contributed by atoms with Gasteiger partial charge in [-0.25, -0.2) is 0 Å². The van der Waals surface area contributed by atoms with Gasteiger partial charge in [0.1, 0.15) is 0 Å². The quantitative estimate of drug-likeness (QED) is 0.866. The first-order chi connectivity index (χ1) is 11.2. The predicted octanol–water partition coefficient (Wildman–Crippen LogP) is 1.57. The van der Waals surface area contributed by atoms with Gasteiger partial charge in [0.25, 0.3) is 0 Å². The van der Waals surface area contributed by atoms with E-state index in [0.717, 1.165) is 6.54 Å². The maximum atomic E-state index is 12.1. The molecule has 0 aromatic carbocycles. The number of nitrogens with zero attached hydrogens (tertiary/aromatic N) is 3. The molecule has 1 N–H and O–H groups in total. The van der Waals surface area contributed by atoms with E-state index in [-0.39, 0.29) is 17.9 Å². The number of amides is 2. The average molecular weight is 318 g/mol. The number of carbonyl (C=O) groups is 2. The van der Waals surface area contributed by atoms with E-state index in [1.807, 2.05) is 17.2 Å². The van der Waals surface area contributed by atoms with E-state index < -0.39 is 0 Å². The summed E-state index contributed by atoms with van der Waals surface area (Å²) in [5, 5.41) is 7.08. The van der Waals surface area contributed by atoms with Crippen molar-refractivity contribution in [2.75, 3.05) is 13.1 Å². The van der Waals surface area contributed by atoms with Crippen molar-refractivity contribution in [2.45, 2.75) is 57.5 Å². The number of hydrogen-bond donors (Lipinski definition) is 1. The van der Waals surface area contributed by atoms with Gasteiger partial charge in [-0.05, 0) is 24.8 Å². The molecule has 3 rings (SSSR count). The van der Waals surface area contributed by atoms with Crippen LogP contribution in [-0.4, -0.2) is 45.6 Å². The smallest absolute Gasteiger partial charge is 0.224 e. The molecule has 0 radical (unpaired) electrons. The number of aryl methyl sites for hydroxylation is 1. The largest absolute Gasteiger partial charge is 0.351 e. The number of carbonyl (C=O) groups excluding carboxylic acids is 2. The molecule has 126 valence electrons. The van der Waals surface area contributed by atoms with E-state index >= 15 is 0 Å². The van der Waals surface area contributed by atoms with Gasteiger partial charge in [-0.3, -0.25) is 14.3 Å². The fourth-order valence-corrected chi connectivity index (χ4v) is 3.68. The summed E-state index contributed by atoms with van der Waals surface area (Å²) < 4.78 is 1.74. The van der Waals surface area contributed by atoms with Crippen molar-refractivity contribution >= 4 is 11.8 Å². The van der Waals surface area contributed by atoms with Gasteiger partial charge in [-0.2, -0.15) is 5.10 Å². The van der Waals surface area contributed by atoms with Crippen molar-refractivity contribution in [1.29, 1.82) is 0 Å². The van der Waals surface area contributed by atoms with E-state index in [1.54, 1.807) is 10.9 Å². The number of nitrogens with one attached hydrogen (secondary N) is 1. The molecule has 1 saturated carbocycles. The highest BCUT2D eigenvalue weighted by Crippen LogP contribution is 2.26. The molecule has 2 fully saturated rings. The Labute approximate surface area is 137 Å². The third kappa shape index (κ3) is 4.56. The van der Waals surface area contributed by atoms with Crippen molar-refractivity contribution in [3.05, 3.63) is 18.5 Å². The van der Waals surface area contributed by atoms with Crippen LogP contribution in [0, 0.1) is 5.92 Å². The summed E-state index contributed by atoms with van der Waals surface area (Å²) in [7, 11) is 0. The zero-order valence-corrected chi connectivity index (χ0v) is 13.6. The van der Waals surface area contributed by atoms with Gasteiger partial charge in [-0.1, -0.05) is 19.3 Å². The molecule has 0 bridgehead atoms. The van der Waals surface area contributed by atoms with Crippen LogP contribution in [0.5, 0.6) is 0 Å². The van der Waals surface area contributed by atoms with Gasteiger partial charge in [0.05, 0.1) is 6.04 Å². The third-order valence-electron chi connectivity index (χ3n) is 4.91. The van der Waals surface area contributed by atoms with Crippen molar-refractivity contribution < 1.29 is 9.59 Å². The lowest BCUT2D eigenvalue weighted by Gasteiger charge is -2.27. The SMILES string of the molecule is O=C(CCn1cccn1)NC1CC(=O)N(CC2CCCCC2)C1. The topological polar surface area (TPSA) is 67.2 Å². The Morgan fingerprint density at radius 2 is 2.13 bits per heavy atom. The highest BCUT2D eigenvalue weighted by Gasteiger charge is 2.32. The van der Waals surface area contributed by atoms with Gasteiger partial charge in [0, 0.05) is 44.9 Å². The number of rotatable bonds is 6. The predicted molar refractivity (Wildman–Crippen MR) is 86.5 cm³/mol. The molecule has 1 aliphatic carbocycles. The first kappa shape index (κ1) is 16.0. The number of hydrogen-bond acceptors (Lipinski definition) is 3. The first-order valence-electron chi connectivity index (χ1n) is 8.75. The van der Waals surface area contributed by atoms with Crippen molar-refractivity contribution in [1.82, 2.24) is 20.0 Å². The maximum absolute atomic E-state index is 12.1. The molecule has 1 atom stereocenters. The standard InChI is InChI=1S/C17H26N4O2/c22-16(7-10-21-9-4-8-18-21)19-15-11-17(23)20(13-15)12-14-5-2-1-3-6-14/h4,8-9,14-15H,1-3,5-7,10-13H2,(H,19,22). The molecule has 2 heterocycles. The molecule has 23 heavy (non-hydrogen) atoms. The molecule has 1 aromatic heterocycles. The molecule has 1 aliphatic heterocycles. The second kappa shape index (κ2) is 7.62. The summed E-state index contributed by atoms with van der Waals surface area (Å²) in [5.41, 5.74) is 0. The lowest BCUT2D eigenvalue weighted by atomic mass is 9.89. The Bertz CT molecular complexity index is 523. The number of aromatic nitrogens is 2. The van der Waals surface area contributed by atoms with Crippen LogP contribution in [0.1, 0.15) is 44.9 Å². The molecule has 6 heteroatoms. The van der Waals surface area contributed by atoms with Crippen LogP contribution in [0.3, 0.4) is 0 Å². The normalized spacial score (nSPS) is 22.5. The Morgan fingerprint density at radius 3 is 2.87 bits per heavy atom. The van der Waals surface area contributed by atoms with Crippen LogP contribution in [0.25, 0.3) is 0 Å². The van der Waals surface area contributed by atoms with E-state index in [0.29, 0.717) is 31.8 Å². The van der Waals surface area contributed by atoms with Crippen molar-refractivity contribution in [2.24, 2.45) is 5.92 Å². The summed E-state index contributed by atoms with van der Waals surface area (Å²) in [5.74, 6) is 0.840. The highest BCUT2D eigenvalue weighted by atomic mass is 16.2. The van der Waals surface area contributed by atoms with Crippen LogP contribution in [-0.2, 0) is 16.1 Å². The van der Waals surface area contributed by atoms with Crippen molar-refractivity contribution in [3.63, 3.8) is 0 Å². The molecule has 1 saturated heterocycles. The summed E-state index contributed by atoms with van der Waals surface area (Å²) in [6.07, 6.45) is 10.8. The molecule has 1 aromatic rings. The second-order valence-corrected chi connectivity index (χ2v) is 6.79. The van der Waals surface area contributed by atoms with E-state index in [2.05, 4.69) is 10.4 Å². The fourth-order valence-electron chi connectivity index (χ4n) is 3.68. The minimum absolute atomic E-state index is 0.00202. The van der Waals surface area contributed by atoms with Crippen molar-refractivity contribution in [3.8, 4) is 0 Å². The Kier molecular flexibility index (Phi) is 5.31. The van der Waals surface area contributed by atoms with Gasteiger partial charge in [0.15, 0.2) is 0 Å². The monoisotopic (exact) mass is 318 g/mol. The summed E-state index contributed by atoms with van der Waals surface area (Å²) >= 11 is 0. The zero-order valence-electron chi connectivity index (χ0n) is 13.6. The summed E-state index contributed by atoms with van der Waals surface area (Å²) in [4.78, 5) is 26.1. The minimum Gasteiger partial charge on any atom is -0.351 e. The van der Waals surface area contributed by atoms with E-state index in [1.165, 1.54) is 32.1 Å². The summed E-state index contributed by atoms with van der Waals surface area (Å²) in [6.45, 7) is 2.12. The van der Waals surface area contributed by atoms with Crippen LogP contribution in [0.15, 0.2) is 18.5 Å². The minimum atomic E-state index is -0.0313. The lowest BCUT2D eigenvalue weighted by molar-refractivity contribution is -0.128. The van der Waals surface area contributed by atoms with E-state index in [4.69, 9.17) is 0 Å². The molecule has 1 unspecified atom stereocenters. The molecule has 2 aliphatic rings. The van der Waals surface area contributed by atoms with Gasteiger partial charge < -0.3 is 10.2 Å². The Hall–Kier alpha value is -1.85. The maximum Gasteiger partial charge on any atom is 0.224 e. The Balaban J connectivity index is 1.40. The Morgan fingerprint density at radius 1 is 1.30 bits per heavy atom. The van der Waals surface area contributed by atoms with E-state index in [9.17, 15) is 9.59 Å². The average Bonchev–Trinajstić information content (AvgIpc) is 3.17. The first-order valence-corrected chi connectivity index (χ1v) is 8.75. The van der Waals surface area contributed by atoms with Gasteiger partial charge in [-0.15, -0.1) is 0 Å². The zero-order chi connectivity index (χ0) is 16.1. The lowest BCUT2D eigenvalue weighted by Crippen LogP contribution is -2.38. The van der Waals surface area contributed by atoms with Gasteiger partial charge in [0.2, 0.25) is 11.8 Å². The van der Waals surface area contributed by atoms with Crippen LogP contribution in [0.4, 0.5) is 0 Å². The fraction of sp³-hybridized carbons (Fsp3) is 0.706. The van der Waals surface area contributed by atoms with Crippen LogP contribution in [0.2, 0.25) is 0 Å². The molecule has 0 spiro atoms. The molecule has 2 amide bonds. The number of likely N-dealkylation sites (tertiary alicyclic amines) is 1.